The molecule has 2 aromatic carbocycles. The standard InChI is InChI=1S/C30H30ClN7O/c1-19-6-9-23(31)15-24(19)28-25(29(32)39)16-26(35-28)27-22(17-34-30(33)36-27)8-7-20-4-3-5-21(14-20)18-38-12-10-37(2)11-13-38/h3-6,9,14-17,35H,10-13,18H2,1-2H3,(H2,32,39)(H2,33,34,36). The number of rotatable bonds is 5. The number of aryl methyl sites for hydroxylation is 1. The number of anilines is 1. The van der Waals surface area contributed by atoms with Crippen molar-refractivity contribution >= 4 is 23.5 Å². The number of nitrogens with zero attached hydrogens (tertiary/aromatic N) is 4. The van der Waals surface area contributed by atoms with Gasteiger partial charge in [-0.05, 0) is 55.4 Å². The summed E-state index contributed by atoms with van der Waals surface area (Å²) >= 11 is 6.25. The van der Waals surface area contributed by atoms with E-state index in [0.717, 1.165) is 49.4 Å². The molecule has 1 saturated heterocycles. The summed E-state index contributed by atoms with van der Waals surface area (Å²) in [5.74, 6) is 5.98. The molecule has 198 valence electrons. The molecule has 2 aromatic heterocycles. The van der Waals surface area contributed by atoms with Gasteiger partial charge in [0.1, 0.15) is 5.69 Å². The number of primary amides is 1. The number of aromatic amines is 1. The number of aromatic nitrogens is 3. The molecule has 0 spiro atoms. The van der Waals surface area contributed by atoms with E-state index in [9.17, 15) is 4.79 Å². The van der Waals surface area contributed by atoms with Crippen LogP contribution in [0.25, 0.3) is 22.6 Å². The van der Waals surface area contributed by atoms with Crippen LogP contribution in [0.1, 0.15) is 32.6 Å². The fourth-order valence-electron chi connectivity index (χ4n) is 4.70. The Kier molecular flexibility index (Phi) is 7.66. The summed E-state index contributed by atoms with van der Waals surface area (Å²) in [4.78, 5) is 29.1. The van der Waals surface area contributed by atoms with Crippen molar-refractivity contribution in [2.24, 2.45) is 5.73 Å². The summed E-state index contributed by atoms with van der Waals surface area (Å²) in [6.07, 6.45) is 1.59. The van der Waals surface area contributed by atoms with Crippen LogP contribution in [-0.4, -0.2) is 63.9 Å². The van der Waals surface area contributed by atoms with Crippen LogP contribution in [0.15, 0.2) is 54.7 Å². The first-order valence-corrected chi connectivity index (χ1v) is 13.1. The maximum atomic E-state index is 12.4. The Morgan fingerprint density at radius 1 is 1.10 bits per heavy atom. The zero-order valence-corrected chi connectivity index (χ0v) is 22.7. The predicted molar refractivity (Wildman–Crippen MR) is 155 cm³/mol. The van der Waals surface area contributed by atoms with Gasteiger partial charge in [0.25, 0.3) is 5.91 Å². The molecule has 1 amide bonds. The molecule has 4 aromatic rings. The van der Waals surface area contributed by atoms with Crippen molar-refractivity contribution in [3.63, 3.8) is 0 Å². The molecular formula is C30H30ClN7O. The van der Waals surface area contributed by atoms with Crippen LogP contribution in [0, 0.1) is 18.8 Å². The van der Waals surface area contributed by atoms with E-state index in [2.05, 4.69) is 55.8 Å². The second-order valence-corrected chi connectivity index (χ2v) is 10.3. The minimum Gasteiger partial charge on any atom is -0.368 e. The van der Waals surface area contributed by atoms with Gasteiger partial charge in [0.2, 0.25) is 5.95 Å². The second-order valence-electron chi connectivity index (χ2n) is 9.82. The highest BCUT2D eigenvalue weighted by atomic mass is 35.5. The first-order chi connectivity index (χ1) is 18.8. The number of likely N-dealkylation sites (N-methyl/N-ethyl adjacent to an activating group) is 1. The van der Waals surface area contributed by atoms with Gasteiger partial charge in [0, 0.05) is 55.1 Å². The molecule has 39 heavy (non-hydrogen) atoms. The molecule has 1 aliphatic rings. The van der Waals surface area contributed by atoms with Crippen LogP contribution in [0.4, 0.5) is 5.95 Å². The number of halogens is 1. The van der Waals surface area contributed by atoms with Gasteiger partial charge in [-0.1, -0.05) is 41.6 Å². The van der Waals surface area contributed by atoms with E-state index in [1.54, 1.807) is 24.4 Å². The molecule has 0 aliphatic carbocycles. The van der Waals surface area contributed by atoms with Crippen LogP contribution >= 0.6 is 11.6 Å². The molecular weight excluding hydrogens is 510 g/mol. The highest BCUT2D eigenvalue weighted by Gasteiger charge is 2.20. The van der Waals surface area contributed by atoms with Crippen molar-refractivity contribution in [1.29, 1.82) is 0 Å². The smallest absolute Gasteiger partial charge is 0.250 e. The van der Waals surface area contributed by atoms with Gasteiger partial charge in [-0.25, -0.2) is 9.97 Å². The number of carbonyl (C=O) groups is 1. The summed E-state index contributed by atoms with van der Waals surface area (Å²) < 4.78 is 0. The lowest BCUT2D eigenvalue weighted by molar-refractivity contribution is 0.100. The van der Waals surface area contributed by atoms with Crippen LogP contribution in [-0.2, 0) is 6.54 Å². The monoisotopic (exact) mass is 539 g/mol. The van der Waals surface area contributed by atoms with Crippen molar-refractivity contribution in [2.75, 3.05) is 39.0 Å². The van der Waals surface area contributed by atoms with E-state index in [0.29, 0.717) is 33.2 Å². The zero-order chi connectivity index (χ0) is 27.5. The Bertz CT molecular complexity index is 1590. The number of nitrogen functional groups attached to an aromatic ring is 1. The number of hydrogen-bond donors (Lipinski definition) is 3. The average Bonchev–Trinajstić information content (AvgIpc) is 3.36. The lowest BCUT2D eigenvalue weighted by Crippen LogP contribution is -2.43. The summed E-state index contributed by atoms with van der Waals surface area (Å²) in [5.41, 5.74) is 18.0. The van der Waals surface area contributed by atoms with E-state index >= 15 is 0 Å². The molecule has 8 nitrogen and oxygen atoms in total. The fourth-order valence-corrected chi connectivity index (χ4v) is 4.87. The van der Waals surface area contributed by atoms with Gasteiger partial charge in [0.15, 0.2) is 0 Å². The molecule has 0 bridgehead atoms. The molecule has 0 saturated carbocycles. The summed E-state index contributed by atoms with van der Waals surface area (Å²) in [6.45, 7) is 7.10. The van der Waals surface area contributed by atoms with Crippen molar-refractivity contribution in [3.8, 4) is 34.5 Å². The zero-order valence-electron chi connectivity index (χ0n) is 22.0. The van der Waals surface area contributed by atoms with Crippen molar-refractivity contribution in [3.05, 3.63) is 87.6 Å². The molecule has 1 aliphatic heterocycles. The third kappa shape index (κ3) is 6.13. The van der Waals surface area contributed by atoms with Crippen LogP contribution in [0.2, 0.25) is 5.02 Å². The largest absolute Gasteiger partial charge is 0.368 e. The van der Waals surface area contributed by atoms with Crippen LogP contribution in [0.3, 0.4) is 0 Å². The topological polar surface area (TPSA) is 117 Å². The molecule has 0 unspecified atom stereocenters. The van der Waals surface area contributed by atoms with Crippen molar-refractivity contribution in [2.45, 2.75) is 13.5 Å². The van der Waals surface area contributed by atoms with Gasteiger partial charge in [0.05, 0.1) is 22.5 Å². The lowest BCUT2D eigenvalue weighted by atomic mass is 10.0. The summed E-state index contributed by atoms with van der Waals surface area (Å²) in [7, 11) is 2.16. The molecule has 3 heterocycles. The molecule has 0 atom stereocenters. The summed E-state index contributed by atoms with van der Waals surface area (Å²) in [6, 6.07) is 15.4. The Morgan fingerprint density at radius 2 is 1.90 bits per heavy atom. The Hall–Kier alpha value is -4.16. The first-order valence-electron chi connectivity index (χ1n) is 12.7. The quantitative estimate of drug-likeness (QED) is 0.331. The Labute approximate surface area is 233 Å². The summed E-state index contributed by atoms with van der Waals surface area (Å²) in [5, 5.41) is 0.551. The lowest BCUT2D eigenvalue weighted by Gasteiger charge is -2.32. The highest BCUT2D eigenvalue weighted by molar-refractivity contribution is 6.31. The van der Waals surface area contributed by atoms with Crippen molar-refractivity contribution < 1.29 is 4.79 Å². The van der Waals surface area contributed by atoms with Crippen molar-refractivity contribution in [1.82, 2.24) is 24.8 Å². The van der Waals surface area contributed by atoms with Gasteiger partial charge in [-0.3, -0.25) is 9.69 Å². The SMILES string of the molecule is Cc1ccc(Cl)cc1-c1[nH]c(-c2nc(N)ncc2C#Cc2cccc(CN3CCN(C)CC3)c2)cc1C(N)=O. The number of nitrogens with two attached hydrogens (primary N) is 2. The predicted octanol–water partition coefficient (Wildman–Crippen LogP) is 3.93. The number of hydrogen-bond acceptors (Lipinski definition) is 6. The second kappa shape index (κ2) is 11.3. The average molecular weight is 540 g/mol. The van der Waals surface area contributed by atoms with E-state index < -0.39 is 5.91 Å². The number of carbonyl (C=O) groups excluding carboxylic acids is 1. The highest BCUT2D eigenvalue weighted by Crippen LogP contribution is 2.33. The third-order valence-electron chi connectivity index (χ3n) is 6.89. The maximum Gasteiger partial charge on any atom is 0.250 e. The number of benzene rings is 2. The van der Waals surface area contributed by atoms with E-state index in [1.165, 1.54) is 5.56 Å². The minimum absolute atomic E-state index is 0.0976. The van der Waals surface area contributed by atoms with E-state index in [1.807, 2.05) is 25.1 Å². The first kappa shape index (κ1) is 26.4. The number of nitrogens with one attached hydrogen (secondary N) is 1. The number of H-pyrrole nitrogens is 1. The molecule has 0 radical (unpaired) electrons. The van der Waals surface area contributed by atoms with E-state index in [4.69, 9.17) is 23.1 Å². The van der Waals surface area contributed by atoms with Crippen LogP contribution < -0.4 is 11.5 Å². The van der Waals surface area contributed by atoms with Gasteiger partial charge < -0.3 is 21.4 Å². The Balaban J connectivity index is 1.48. The number of piperazine rings is 1. The maximum absolute atomic E-state index is 12.4. The molecule has 5 N–H and O–H groups in total. The molecule has 5 rings (SSSR count). The normalized spacial score (nSPS) is 14.1. The number of amides is 1. The minimum atomic E-state index is -0.571. The molecule has 1 fully saturated rings. The van der Waals surface area contributed by atoms with Gasteiger partial charge in [-0.2, -0.15) is 0 Å². The van der Waals surface area contributed by atoms with Crippen LogP contribution in [0.5, 0.6) is 0 Å². The molecule has 9 heteroatoms. The fraction of sp³-hybridized carbons (Fsp3) is 0.233. The van der Waals surface area contributed by atoms with Gasteiger partial charge in [-0.15, -0.1) is 0 Å². The third-order valence-corrected chi connectivity index (χ3v) is 7.12. The van der Waals surface area contributed by atoms with Gasteiger partial charge >= 0.3 is 0 Å². The van der Waals surface area contributed by atoms with E-state index in [-0.39, 0.29) is 5.95 Å². The Morgan fingerprint density at radius 3 is 2.67 bits per heavy atom.